The number of nitrogens with zero attached hydrogens (tertiary/aromatic N) is 2. The Bertz CT molecular complexity index is 677. The van der Waals surface area contributed by atoms with E-state index in [0.717, 1.165) is 38.8 Å². The van der Waals surface area contributed by atoms with Gasteiger partial charge in [-0.1, -0.05) is 43.3 Å². The van der Waals surface area contributed by atoms with Crippen LogP contribution in [0.4, 0.5) is 18.9 Å². The molecule has 0 radical (unpaired) electrons. The predicted octanol–water partition coefficient (Wildman–Crippen LogP) is 4.63. The van der Waals surface area contributed by atoms with Crippen molar-refractivity contribution in [1.29, 1.82) is 0 Å². The maximum Gasteiger partial charge on any atom is 0.416 e. The molecule has 0 amide bonds. The lowest BCUT2D eigenvalue weighted by Gasteiger charge is -2.37. The van der Waals surface area contributed by atoms with Crippen molar-refractivity contribution >= 4 is 5.69 Å². The van der Waals surface area contributed by atoms with Gasteiger partial charge in [-0.3, -0.25) is 4.90 Å². The smallest absolute Gasteiger partial charge is 0.369 e. The van der Waals surface area contributed by atoms with Crippen LogP contribution in [0.15, 0.2) is 54.6 Å². The molecule has 1 heterocycles. The standard InChI is InChI=1S/C20H23F3N2/c1-16(17-6-3-2-4-7-17)15-24-10-12-25(13-11-24)19-9-5-8-18(14-19)20(21,22)23/h2-9,14,16H,10-13,15H2,1H3/t16-/m0/s1. The number of halogens is 3. The van der Waals surface area contributed by atoms with Crippen LogP contribution in [0.3, 0.4) is 0 Å². The van der Waals surface area contributed by atoms with Crippen LogP contribution < -0.4 is 4.90 Å². The van der Waals surface area contributed by atoms with Crippen molar-refractivity contribution in [3.8, 4) is 0 Å². The van der Waals surface area contributed by atoms with E-state index >= 15 is 0 Å². The normalized spacial score (nSPS) is 17.5. The van der Waals surface area contributed by atoms with Gasteiger partial charge in [-0.2, -0.15) is 13.2 Å². The predicted molar refractivity (Wildman–Crippen MR) is 95.0 cm³/mol. The van der Waals surface area contributed by atoms with Gasteiger partial charge in [0.2, 0.25) is 0 Å². The molecule has 0 bridgehead atoms. The summed E-state index contributed by atoms with van der Waals surface area (Å²) in [6.07, 6.45) is -4.29. The average molecular weight is 348 g/mol. The first-order valence-corrected chi connectivity index (χ1v) is 8.63. The Morgan fingerprint density at radius 1 is 0.920 bits per heavy atom. The van der Waals surface area contributed by atoms with E-state index < -0.39 is 11.7 Å². The topological polar surface area (TPSA) is 6.48 Å². The number of hydrogen-bond acceptors (Lipinski definition) is 2. The van der Waals surface area contributed by atoms with Crippen LogP contribution in [0.2, 0.25) is 0 Å². The summed E-state index contributed by atoms with van der Waals surface area (Å²) in [5.74, 6) is 0.446. The summed E-state index contributed by atoms with van der Waals surface area (Å²) in [6.45, 7) is 6.43. The van der Waals surface area contributed by atoms with Crippen LogP contribution in [0, 0.1) is 0 Å². The van der Waals surface area contributed by atoms with E-state index in [4.69, 9.17) is 0 Å². The van der Waals surface area contributed by atoms with Crippen LogP contribution in [-0.4, -0.2) is 37.6 Å². The summed E-state index contributed by atoms with van der Waals surface area (Å²) in [6, 6.07) is 16.0. The molecule has 1 aliphatic rings. The highest BCUT2D eigenvalue weighted by molar-refractivity contribution is 5.49. The molecule has 2 nitrogen and oxygen atoms in total. The molecule has 1 fully saturated rings. The highest BCUT2D eigenvalue weighted by Gasteiger charge is 2.31. The Balaban J connectivity index is 1.57. The number of benzene rings is 2. The van der Waals surface area contributed by atoms with Gasteiger partial charge in [0, 0.05) is 38.4 Å². The van der Waals surface area contributed by atoms with E-state index in [1.807, 2.05) is 11.0 Å². The SMILES string of the molecule is C[C@@H](CN1CCN(c2cccc(C(F)(F)F)c2)CC1)c1ccccc1. The van der Waals surface area contributed by atoms with Gasteiger partial charge in [-0.25, -0.2) is 0 Å². The molecule has 0 unspecified atom stereocenters. The van der Waals surface area contributed by atoms with Crippen LogP contribution in [0.25, 0.3) is 0 Å². The van der Waals surface area contributed by atoms with Gasteiger partial charge in [0.05, 0.1) is 5.56 Å². The fourth-order valence-electron chi connectivity index (χ4n) is 3.34. The molecule has 134 valence electrons. The lowest BCUT2D eigenvalue weighted by molar-refractivity contribution is -0.137. The first kappa shape index (κ1) is 17.8. The number of alkyl halides is 3. The summed E-state index contributed by atoms with van der Waals surface area (Å²) in [5.41, 5.74) is 1.40. The zero-order valence-corrected chi connectivity index (χ0v) is 14.3. The van der Waals surface area contributed by atoms with E-state index in [0.29, 0.717) is 11.6 Å². The average Bonchev–Trinajstić information content (AvgIpc) is 2.62. The Kier molecular flexibility index (Phi) is 5.33. The Labute approximate surface area is 146 Å². The molecule has 0 aromatic heterocycles. The first-order valence-electron chi connectivity index (χ1n) is 8.63. The molecule has 5 heteroatoms. The zero-order valence-electron chi connectivity index (χ0n) is 14.3. The van der Waals surface area contributed by atoms with Gasteiger partial charge >= 0.3 is 6.18 Å². The molecule has 0 spiro atoms. The minimum absolute atomic E-state index is 0.446. The summed E-state index contributed by atoms with van der Waals surface area (Å²) >= 11 is 0. The van der Waals surface area contributed by atoms with Crippen molar-refractivity contribution in [3.63, 3.8) is 0 Å². The quantitative estimate of drug-likeness (QED) is 0.795. The second-order valence-corrected chi connectivity index (χ2v) is 6.65. The second kappa shape index (κ2) is 7.48. The summed E-state index contributed by atoms with van der Waals surface area (Å²) < 4.78 is 38.6. The van der Waals surface area contributed by atoms with E-state index in [1.165, 1.54) is 17.7 Å². The van der Waals surface area contributed by atoms with Crippen molar-refractivity contribution in [2.24, 2.45) is 0 Å². The largest absolute Gasteiger partial charge is 0.416 e. The molecule has 2 aromatic rings. The molecule has 1 saturated heterocycles. The molecule has 2 aromatic carbocycles. The fraction of sp³-hybridized carbons (Fsp3) is 0.400. The molecule has 1 aliphatic heterocycles. The van der Waals surface area contributed by atoms with Gasteiger partial charge in [0.1, 0.15) is 0 Å². The van der Waals surface area contributed by atoms with Crippen molar-refractivity contribution in [2.45, 2.75) is 19.0 Å². The fourth-order valence-corrected chi connectivity index (χ4v) is 3.34. The summed E-state index contributed by atoms with van der Waals surface area (Å²) in [4.78, 5) is 4.43. The van der Waals surface area contributed by atoms with Gasteiger partial charge in [-0.15, -0.1) is 0 Å². The lowest BCUT2D eigenvalue weighted by Crippen LogP contribution is -2.47. The number of hydrogen-bond donors (Lipinski definition) is 0. The molecule has 1 atom stereocenters. The van der Waals surface area contributed by atoms with Crippen molar-refractivity contribution in [2.75, 3.05) is 37.6 Å². The van der Waals surface area contributed by atoms with Crippen LogP contribution in [0.5, 0.6) is 0 Å². The highest BCUT2D eigenvalue weighted by Crippen LogP contribution is 2.32. The maximum atomic E-state index is 12.9. The highest BCUT2D eigenvalue weighted by atomic mass is 19.4. The number of anilines is 1. The monoisotopic (exact) mass is 348 g/mol. The third-order valence-electron chi connectivity index (χ3n) is 4.81. The number of rotatable bonds is 4. The van der Waals surface area contributed by atoms with E-state index in [2.05, 4.69) is 36.1 Å². The first-order chi connectivity index (χ1) is 11.9. The number of piperazine rings is 1. The van der Waals surface area contributed by atoms with Gasteiger partial charge in [0.25, 0.3) is 0 Å². The van der Waals surface area contributed by atoms with E-state index in [-0.39, 0.29) is 0 Å². The van der Waals surface area contributed by atoms with E-state index in [1.54, 1.807) is 6.07 Å². The van der Waals surface area contributed by atoms with Crippen LogP contribution in [-0.2, 0) is 6.18 Å². The van der Waals surface area contributed by atoms with E-state index in [9.17, 15) is 13.2 Å². The molecule has 25 heavy (non-hydrogen) atoms. The van der Waals surface area contributed by atoms with Crippen LogP contribution >= 0.6 is 0 Å². The Hall–Kier alpha value is -2.01. The van der Waals surface area contributed by atoms with Crippen molar-refractivity contribution in [1.82, 2.24) is 4.90 Å². The third kappa shape index (κ3) is 4.54. The molecule has 0 N–H and O–H groups in total. The summed E-state index contributed by atoms with van der Waals surface area (Å²) in [5, 5.41) is 0. The Morgan fingerprint density at radius 3 is 2.24 bits per heavy atom. The zero-order chi connectivity index (χ0) is 17.9. The maximum absolute atomic E-state index is 12.9. The minimum Gasteiger partial charge on any atom is -0.369 e. The van der Waals surface area contributed by atoms with Crippen molar-refractivity contribution < 1.29 is 13.2 Å². The molecule has 0 saturated carbocycles. The molecular weight excluding hydrogens is 325 g/mol. The third-order valence-corrected chi connectivity index (χ3v) is 4.81. The second-order valence-electron chi connectivity index (χ2n) is 6.65. The molecule has 0 aliphatic carbocycles. The van der Waals surface area contributed by atoms with Crippen molar-refractivity contribution in [3.05, 3.63) is 65.7 Å². The lowest BCUT2D eigenvalue weighted by atomic mass is 10.0. The Morgan fingerprint density at radius 2 is 1.60 bits per heavy atom. The molecule has 3 rings (SSSR count). The van der Waals surface area contributed by atoms with Crippen LogP contribution in [0.1, 0.15) is 24.0 Å². The van der Waals surface area contributed by atoms with Gasteiger partial charge in [-0.05, 0) is 29.7 Å². The van der Waals surface area contributed by atoms with Gasteiger partial charge in [0.15, 0.2) is 0 Å². The summed E-state index contributed by atoms with van der Waals surface area (Å²) in [7, 11) is 0. The molecular formula is C20H23F3N2. The minimum atomic E-state index is -4.29. The van der Waals surface area contributed by atoms with Gasteiger partial charge < -0.3 is 4.90 Å².